The van der Waals surface area contributed by atoms with Crippen LogP contribution in [0.3, 0.4) is 0 Å². The molecule has 1 unspecified atom stereocenters. The summed E-state index contributed by atoms with van der Waals surface area (Å²) in [6.07, 6.45) is 0.182. The van der Waals surface area contributed by atoms with Crippen LogP contribution in [-0.4, -0.2) is 33.5 Å². The van der Waals surface area contributed by atoms with Crippen LogP contribution in [0.5, 0.6) is 0 Å². The van der Waals surface area contributed by atoms with Gasteiger partial charge in [-0.15, -0.1) is 0 Å². The third-order valence-corrected chi connectivity index (χ3v) is 6.32. The predicted octanol–water partition coefficient (Wildman–Crippen LogP) is 4.75. The van der Waals surface area contributed by atoms with Gasteiger partial charge in [-0.25, -0.2) is 4.98 Å². The number of H-pyrrole nitrogens is 1. The zero-order valence-electron chi connectivity index (χ0n) is 19.1. The molecule has 34 heavy (non-hydrogen) atoms. The van der Waals surface area contributed by atoms with Crippen LogP contribution in [-0.2, 0) is 9.59 Å². The monoisotopic (exact) mass is 451 g/mol. The zero-order chi connectivity index (χ0) is 23.7. The molecule has 170 valence electrons. The van der Waals surface area contributed by atoms with E-state index in [2.05, 4.69) is 20.5 Å². The van der Waals surface area contributed by atoms with E-state index < -0.39 is 5.92 Å². The van der Waals surface area contributed by atoms with E-state index in [1.165, 1.54) is 0 Å². The highest BCUT2D eigenvalue weighted by molar-refractivity contribution is 6.04. The molecule has 2 N–H and O–H groups in total. The minimum atomic E-state index is -0.435. The van der Waals surface area contributed by atoms with Crippen molar-refractivity contribution in [2.24, 2.45) is 5.92 Å². The molecule has 0 saturated carbocycles. The summed E-state index contributed by atoms with van der Waals surface area (Å²) >= 11 is 0. The summed E-state index contributed by atoms with van der Waals surface area (Å²) in [5, 5.41) is 10.3. The topological polar surface area (TPSA) is 91.0 Å². The van der Waals surface area contributed by atoms with E-state index in [1.807, 2.05) is 86.6 Å². The third kappa shape index (κ3) is 4.08. The number of anilines is 2. The average Bonchev–Trinajstić information content (AvgIpc) is 3.49. The first kappa shape index (κ1) is 21.6. The molecule has 0 radical (unpaired) electrons. The van der Waals surface area contributed by atoms with Crippen LogP contribution in [0, 0.1) is 19.8 Å². The van der Waals surface area contributed by atoms with Crippen molar-refractivity contribution >= 4 is 23.2 Å². The van der Waals surface area contributed by atoms with E-state index in [4.69, 9.17) is 0 Å². The van der Waals surface area contributed by atoms with E-state index >= 15 is 0 Å². The summed E-state index contributed by atoms with van der Waals surface area (Å²) < 4.78 is 0. The number of para-hydroxylation sites is 1. The Morgan fingerprint density at radius 2 is 1.76 bits per heavy atom. The molecule has 7 heteroatoms. The van der Waals surface area contributed by atoms with Crippen LogP contribution in [0.1, 0.15) is 17.5 Å². The number of nitrogens with zero attached hydrogens (tertiary/aromatic N) is 3. The lowest BCUT2D eigenvalue weighted by Gasteiger charge is -2.20. The highest BCUT2D eigenvalue weighted by Gasteiger charge is 2.36. The average molecular weight is 452 g/mol. The standard InChI is InChI=1S/C27H25N5O2/c1-17-9-8-14-23(18(17)2)32-16-20(15-24(32)33)27(34)28-22-13-7-6-12-21(22)26-29-25(30-31-26)19-10-4-3-5-11-19/h3-14,20H,15-16H2,1-2H3,(H,28,34)(H,29,30,31). The van der Waals surface area contributed by atoms with E-state index in [0.717, 1.165) is 27.9 Å². The molecule has 4 aromatic rings. The van der Waals surface area contributed by atoms with Gasteiger partial charge in [-0.1, -0.05) is 54.6 Å². The van der Waals surface area contributed by atoms with Gasteiger partial charge >= 0.3 is 0 Å². The molecular weight excluding hydrogens is 426 g/mol. The van der Waals surface area contributed by atoms with Gasteiger partial charge in [-0.05, 0) is 43.2 Å². The summed E-state index contributed by atoms with van der Waals surface area (Å²) in [6.45, 7) is 4.38. The van der Waals surface area contributed by atoms with Crippen molar-refractivity contribution in [2.45, 2.75) is 20.3 Å². The third-order valence-electron chi connectivity index (χ3n) is 6.32. The molecule has 1 atom stereocenters. The smallest absolute Gasteiger partial charge is 0.229 e. The van der Waals surface area contributed by atoms with Gasteiger partial charge in [0.05, 0.1) is 11.6 Å². The molecular formula is C27H25N5O2. The number of aryl methyl sites for hydroxylation is 1. The molecule has 1 fully saturated rings. The van der Waals surface area contributed by atoms with E-state index in [0.29, 0.717) is 23.9 Å². The molecule has 2 amide bonds. The van der Waals surface area contributed by atoms with Crippen molar-refractivity contribution in [3.8, 4) is 22.8 Å². The number of rotatable bonds is 5. The van der Waals surface area contributed by atoms with Crippen LogP contribution in [0.4, 0.5) is 11.4 Å². The molecule has 1 aliphatic rings. The Kier molecular flexibility index (Phi) is 5.67. The van der Waals surface area contributed by atoms with Crippen LogP contribution < -0.4 is 10.2 Å². The van der Waals surface area contributed by atoms with Gasteiger partial charge in [0.25, 0.3) is 0 Å². The number of carbonyl (C=O) groups is 2. The molecule has 1 aromatic heterocycles. The maximum atomic E-state index is 13.2. The normalized spacial score (nSPS) is 15.5. The molecule has 5 rings (SSSR count). The highest BCUT2D eigenvalue weighted by atomic mass is 16.2. The lowest BCUT2D eigenvalue weighted by Crippen LogP contribution is -2.28. The Morgan fingerprint density at radius 1 is 1.00 bits per heavy atom. The molecule has 0 bridgehead atoms. The van der Waals surface area contributed by atoms with Gasteiger partial charge in [0.15, 0.2) is 11.6 Å². The summed E-state index contributed by atoms with van der Waals surface area (Å²) in [6, 6.07) is 23.0. The Hall–Kier alpha value is -4.26. The van der Waals surface area contributed by atoms with Crippen molar-refractivity contribution < 1.29 is 9.59 Å². The largest absolute Gasteiger partial charge is 0.325 e. The number of hydrogen-bond acceptors (Lipinski definition) is 4. The van der Waals surface area contributed by atoms with Gasteiger partial charge in [0.1, 0.15) is 0 Å². The second-order valence-corrected chi connectivity index (χ2v) is 8.53. The van der Waals surface area contributed by atoms with Gasteiger partial charge < -0.3 is 10.2 Å². The van der Waals surface area contributed by atoms with Crippen LogP contribution >= 0.6 is 0 Å². The molecule has 0 aliphatic carbocycles. The fourth-order valence-electron chi connectivity index (χ4n) is 4.28. The Balaban J connectivity index is 1.35. The summed E-state index contributed by atoms with van der Waals surface area (Å²) in [7, 11) is 0. The second kappa shape index (κ2) is 8.94. The quantitative estimate of drug-likeness (QED) is 0.458. The van der Waals surface area contributed by atoms with Crippen LogP contribution in [0.25, 0.3) is 22.8 Å². The summed E-state index contributed by atoms with van der Waals surface area (Å²) in [4.78, 5) is 32.3. The fourth-order valence-corrected chi connectivity index (χ4v) is 4.28. The highest BCUT2D eigenvalue weighted by Crippen LogP contribution is 2.31. The molecule has 3 aromatic carbocycles. The van der Waals surface area contributed by atoms with Crippen LogP contribution in [0.2, 0.25) is 0 Å². The molecule has 2 heterocycles. The Bertz CT molecular complexity index is 1360. The summed E-state index contributed by atoms with van der Waals surface area (Å²) in [5.74, 6) is 0.493. The molecule has 1 saturated heterocycles. The maximum Gasteiger partial charge on any atom is 0.229 e. The molecule has 1 aliphatic heterocycles. The van der Waals surface area contributed by atoms with E-state index in [1.54, 1.807) is 4.90 Å². The number of benzene rings is 3. The first-order chi connectivity index (χ1) is 16.5. The minimum Gasteiger partial charge on any atom is -0.325 e. The molecule has 7 nitrogen and oxygen atoms in total. The maximum absolute atomic E-state index is 13.2. The predicted molar refractivity (Wildman–Crippen MR) is 132 cm³/mol. The lowest BCUT2D eigenvalue weighted by molar-refractivity contribution is -0.122. The van der Waals surface area contributed by atoms with E-state index in [-0.39, 0.29) is 18.2 Å². The van der Waals surface area contributed by atoms with Gasteiger partial charge in [-0.2, -0.15) is 5.10 Å². The Morgan fingerprint density at radius 3 is 2.59 bits per heavy atom. The lowest BCUT2D eigenvalue weighted by atomic mass is 10.1. The number of amides is 2. The molecule has 0 spiro atoms. The van der Waals surface area contributed by atoms with Crippen molar-refractivity contribution in [3.05, 3.63) is 83.9 Å². The van der Waals surface area contributed by atoms with Gasteiger partial charge in [-0.3, -0.25) is 14.7 Å². The van der Waals surface area contributed by atoms with Crippen LogP contribution in [0.15, 0.2) is 72.8 Å². The van der Waals surface area contributed by atoms with Crippen molar-refractivity contribution in [2.75, 3.05) is 16.8 Å². The minimum absolute atomic E-state index is 0.0372. The van der Waals surface area contributed by atoms with Gasteiger partial charge in [0, 0.05) is 29.8 Å². The first-order valence-corrected chi connectivity index (χ1v) is 11.3. The van der Waals surface area contributed by atoms with Crippen molar-refractivity contribution in [1.29, 1.82) is 0 Å². The fraction of sp³-hybridized carbons (Fsp3) is 0.185. The van der Waals surface area contributed by atoms with E-state index in [9.17, 15) is 9.59 Å². The summed E-state index contributed by atoms with van der Waals surface area (Å²) in [5.41, 5.74) is 5.32. The van der Waals surface area contributed by atoms with Crippen molar-refractivity contribution in [3.63, 3.8) is 0 Å². The number of nitrogens with one attached hydrogen (secondary N) is 2. The number of carbonyl (C=O) groups excluding carboxylic acids is 2. The SMILES string of the molecule is Cc1cccc(N2CC(C(=O)Nc3ccccc3-c3nc(-c4ccccc4)n[nH]3)CC2=O)c1C. The number of aromatic amines is 1. The van der Waals surface area contributed by atoms with Crippen molar-refractivity contribution in [1.82, 2.24) is 15.2 Å². The first-order valence-electron chi connectivity index (χ1n) is 11.3. The van der Waals surface area contributed by atoms with Gasteiger partial charge in [0.2, 0.25) is 11.8 Å². The Labute approximate surface area is 197 Å². The second-order valence-electron chi connectivity index (χ2n) is 8.53. The number of aromatic nitrogens is 3. The number of hydrogen-bond donors (Lipinski definition) is 2. The zero-order valence-corrected chi connectivity index (χ0v) is 19.1.